The normalized spacial score (nSPS) is 20.3. The van der Waals surface area contributed by atoms with E-state index in [1.165, 1.54) is 6.07 Å². The Hall–Kier alpha value is -4.10. The van der Waals surface area contributed by atoms with Gasteiger partial charge in [0.15, 0.2) is 12.3 Å². The van der Waals surface area contributed by atoms with Gasteiger partial charge in [0.2, 0.25) is 0 Å². The van der Waals surface area contributed by atoms with Crippen LogP contribution in [0.3, 0.4) is 0 Å². The van der Waals surface area contributed by atoms with Crippen molar-refractivity contribution < 1.29 is 71.4 Å². The number of esters is 2. The van der Waals surface area contributed by atoms with Gasteiger partial charge >= 0.3 is 33.3 Å². The first-order valence-corrected chi connectivity index (χ1v) is 27.7. The zero-order valence-corrected chi connectivity index (χ0v) is 43.1. The van der Waals surface area contributed by atoms with Gasteiger partial charge in [-0.15, -0.1) is 0 Å². The van der Waals surface area contributed by atoms with Gasteiger partial charge in [-0.05, 0) is 76.7 Å². The fourth-order valence-electron chi connectivity index (χ4n) is 6.72. The molecule has 0 amide bonds. The summed E-state index contributed by atoms with van der Waals surface area (Å²) in [6.45, 7) is 1.82. The van der Waals surface area contributed by atoms with E-state index in [2.05, 4.69) is 59.6 Å². The lowest BCUT2D eigenvalue weighted by atomic mass is 10.1. The van der Waals surface area contributed by atoms with Crippen LogP contribution in [0.15, 0.2) is 102 Å². The molecule has 0 saturated carbocycles. The number of aliphatic hydroxyl groups excluding tert-OH is 3. The second-order valence-electron chi connectivity index (χ2n) is 16.8. The minimum atomic E-state index is -5.45. The maximum atomic E-state index is 12.8. The molecule has 0 spiro atoms. The Kier molecular flexibility index (Phi) is 33.4. The lowest BCUT2D eigenvalue weighted by Crippen LogP contribution is -2.36. The van der Waals surface area contributed by atoms with Crippen LogP contribution in [0.4, 0.5) is 5.82 Å². The van der Waals surface area contributed by atoms with Crippen molar-refractivity contribution in [3.8, 4) is 0 Å². The Morgan fingerprint density at radius 2 is 1.37 bits per heavy atom. The highest BCUT2D eigenvalue weighted by Gasteiger charge is 2.46. The molecule has 1 saturated heterocycles. The number of ether oxygens (including phenoxy) is 3. The predicted octanol–water partition coefficient (Wildman–Crippen LogP) is 8.86. The van der Waals surface area contributed by atoms with Crippen LogP contribution in [0, 0.1) is 0 Å². The number of rotatable bonds is 39. The lowest BCUT2D eigenvalue weighted by molar-refractivity contribution is -0.161. The van der Waals surface area contributed by atoms with Gasteiger partial charge in [-0.25, -0.2) is 13.9 Å². The van der Waals surface area contributed by atoms with Gasteiger partial charge in [-0.2, -0.15) is 9.29 Å². The molecule has 19 nitrogen and oxygen atoms in total. The molecule has 1 aromatic rings. The number of aromatic nitrogens is 2. The summed E-state index contributed by atoms with van der Waals surface area (Å²) in [5.74, 6) is -1.42. The smallest absolute Gasteiger partial charge is 0.462 e. The van der Waals surface area contributed by atoms with Crippen molar-refractivity contribution in [1.82, 2.24) is 9.55 Å². The van der Waals surface area contributed by atoms with Crippen molar-refractivity contribution in [2.24, 2.45) is 0 Å². The minimum Gasteiger partial charge on any atom is -0.462 e. The number of allylic oxidation sites excluding steroid dienone is 13. The first kappa shape index (κ1) is 63.0. The second-order valence-corrected chi connectivity index (χ2v) is 19.8. The molecule has 8 atom stereocenters. The maximum absolute atomic E-state index is 12.8. The average Bonchev–Trinajstić information content (AvgIpc) is 3.60. The number of phosphoric ester groups is 2. The molecule has 0 aromatic carbocycles. The van der Waals surface area contributed by atoms with Crippen molar-refractivity contribution in [2.45, 2.75) is 173 Å². The van der Waals surface area contributed by atoms with E-state index in [0.717, 1.165) is 94.2 Å². The van der Waals surface area contributed by atoms with E-state index in [4.69, 9.17) is 29.0 Å². The first-order valence-electron chi connectivity index (χ1n) is 24.7. The van der Waals surface area contributed by atoms with Crippen molar-refractivity contribution in [2.75, 3.05) is 25.6 Å². The Morgan fingerprint density at radius 3 is 2.04 bits per heavy atom. The summed E-state index contributed by atoms with van der Waals surface area (Å²) in [7, 11) is -10.9. The molecular formula is C50H79N3O16P2. The molecule has 71 heavy (non-hydrogen) atoms. The van der Waals surface area contributed by atoms with Gasteiger partial charge in [-0.1, -0.05) is 137 Å². The molecule has 1 aromatic heterocycles. The molecule has 0 radical (unpaired) electrons. The summed E-state index contributed by atoms with van der Waals surface area (Å²) in [6.07, 6.45) is 35.7. The van der Waals surface area contributed by atoms with Crippen molar-refractivity contribution in [3.05, 3.63) is 108 Å². The third kappa shape index (κ3) is 30.5. The van der Waals surface area contributed by atoms with Crippen molar-refractivity contribution >= 4 is 33.4 Å². The number of nitrogens with two attached hydrogens (primary N) is 1. The second kappa shape index (κ2) is 37.6. The Balaban J connectivity index is 1.85. The van der Waals surface area contributed by atoms with Gasteiger partial charge in [-0.3, -0.25) is 23.2 Å². The fourth-order valence-corrected chi connectivity index (χ4v) is 8.83. The van der Waals surface area contributed by atoms with Crippen LogP contribution < -0.4 is 11.4 Å². The zero-order chi connectivity index (χ0) is 52.2. The molecule has 1 aliphatic rings. The van der Waals surface area contributed by atoms with Gasteiger partial charge in [0.05, 0.1) is 19.3 Å². The van der Waals surface area contributed by atoms with Crippen LogP contribution in [0.1, 0.15) is 142 Å². The number of nitrogen functional groups attached to an aromatic ring is 1. The van der Waals surface area contributed by atoms with Crippen molar-refractivity contribution in [3.63, 3.8) is 0 Å². The summed E-state index contributed by atoms with van der Waals surface area (Å²) in [5, 5.41) is 30.8. The maximum Gasteiger partial charge on any atom is 0.481 e. The van der Waals surface area contributed by atoms with E-state index in [0.29, 0.717) is 25.7 Å². The topological polar surface area (TPSA) is 286 Å². The van der Waals surface area contributed by atoms with Gasteiger partial charge < -0.3 is 45.1 Å². The number of unbranched alkanes of at least 4 members (excludes halogenated alkanes) is 8. The number of anilines is 1. The predicted molar refractivity (Wildman–Crippen MR) is 271 cm³/mol. The van der Waals surface area contributed by atoms with E-state index in [1.54, 1.807) is 6.08 Å². The molecule has 7 N–H and O–H groups in total. The highest BCUT2D eigenvalue weighted by atomic mass is 31.3. The van der Waals surface area contributed by atoms with Gasteiger partial charge in [0.1, 0.15) is 30.7 Å². The van der Waals surface area contributed by atoms with Crippen LogP contribution in [0.25, 0.3) is 0 Å². The SMILES string of the molecule is CC/C=C\C/C=C\C/C=C\CCCCCCCC(=O)O[C@H](COC(=O)CCC/C=C\C/C=C\C/C=C\C=C\[C@H](O)CCCCC)COP(=O)(O)OP(=O)(O)OC[C@H]1O[C@@H](n2ccc(N)nc2=O)[C@H](O)[C@@H]1O. The molecule has 0 bridgehead atoms. The molecule has 1 fully saturated rings. The van der Waals surface area contributed by atoms with Crippen LogP contribution in [-0.4, -0.2) is 96.9 Å². The minimum absolute atomic E-state index is 0.00501. The van der Waals surface area contributed by atoms with E-state index in [1.807, 2.05) is 42.5 Å². The van der Waals surface area contributed by atoms with Crippen LogP contribution in [0.2, 0.25) is 0 Å². The molecule has 1 aliphatic heterocycles. The summed E-state index contributed by atoms with van der Waals surface area (Å²) in [6, 6.07) is 1.24. The number of carbonyl (C=O) groups is 2. The molecule has 0 aliphatic carbocycles. The van der Waals surface area contributed by atoms with E-state index in [9.17, 15) is 48.6 Å². The lowest BCUT2D eigenvalue weighted by Gasteiger charge is -2.21. The van der Waals surface area contributed by atoms with Gasteiger partial charge in [0, 0.05) is 19.0 Å². The number of phosphoric acid groups is 2. The number of aliphatic hydroxyl groups is 3. The van der Waals surface area contributed by atoms with Crippen LogP contribution in [0.5, 0.6) is 0 Å². The highest BCUT2D eigenvalue weighted by Crippen LogP contribution is 2.60. The van der Waals surface area contributed by atoms with E-state index in [-0.39, 0.29) is 18.7 Å². The number of hydrogen-bond donors (Lipinski definition) is 6. The zero-order valence-electron chi connectivity index (χ0n) is 41.4. The quantitative estimate of drug-likeness (QED) is 0.0118. The summed E-state index contributed by atoms with van der Waals surface area (Å²) in [5.41, 5.74) is 4.57. The Labute approximate surface area is 419 Å². The third-order valence-electron chi connectivity index (χ3n) is 10.6. The number of carbonyl (C=O) groups excluding carboxylic acids is 2. The summed E-state index contributed by atoms with van der Waals surface area (Å²) < 4.78 is 56.6. The summed E-state index contributed by atoms with van der Waals surface area (Å²) in [4.78, 5) is 61.8. The molecule has 2 rings (SSSR count). The Bertz CT molecular complexity index is 2040. The molecular weight excluding hydrogens is 961 g/mol. The third-order valence-corrected chi connectivity index (χ3v) is 13.2. The molecule has 21 heteroatoms. The Morgan fingerprint density at radius 1 is 0.761 bits per heavy atom. The van der Waals surface area contributed by atoms with Gasteiger partial charge in [0.25, 0.3) is 0 Å². The fraction of sp³-hybridized carbons (Fsp3) is 0.600. The number of nitrogens with zero attached hydrogens (tertiary/aromatic N) is 2. The average molecular weight is 1040 g/mol. The van der Waals surface area contributed by atoms with Crippen LogP contribution in [-0.2, 0) is 46.3 Å². The number of hydrogen-bond acceptors (Lipinski definition) is 16. The summed E-state index contributed by atoms with van der Waals surface area (Å²) >= 11 is 0. The largest absolute Gasteiger partial charge is 0.481 e. The first-order chi connectivity index (χ1) is 34.1. The van der Waals surface area contributed by atoms with Crippen LogP contribution >= 0.6 is 15.6 Å². The molecule has 2 unspecified atom stereocenters. The molecule has 2 heterocycles. The highest BCUT2D eigenvalue weighted by molar-refractivity contribution is 7.61. The standard InChI is InChI=1S/C50H79N3O16P2/c1-3-5-7-8-9-10-11-12-13-14-17-21-24-27-31-35-46(56)67-42(38-64-45(55)34-30-26-23-20-18-15-16-19-22-25-29-33-41(54)32-28-6-4-2)39-65-70(60,61)69-71(62,63)66-40-43-47(57)48(58)49(68-43)53-37-36-44(51)52-50(53)59/h5,7,9-10,12-13,15-16,20,22-23,25,29,33,36-37,41-43,47-49,54,57-58H,3-4,6,8,11,14,17-19,21,24,26-28,30-32,34-35,38-40H2,1-2H3,(H,60,61)(H,62,63)(H2,51,52,59)/b7-5-,10-9-,13-12-,16-15-,23-20-,25-22-,33-29+/t41-,42-,43-,47-,48-,49-/m1/s1. The van der Waals surface area contributed by atoms with E-state index < -0.39 is 89.8 Å². The monoisotopic (exact) mass is 1040 g/mol. The van der Waals surface area contributed by atoms with E-state index >= 15 is 0 Å². The van der Waals surface area contributed by atoms with Crippen molar-refractivity contribution in [1.29, 1.82) is 0 Å². The molecule has 400 valence electrons.